The first kappa shape index (κ1) is 16.2. The number of hydrogen-bond donors (Lipinski definition) is 1. The molecule has 0 amide bonds. The van der Waals surface area contributed by atoms with Gasteiger partial charge in [-0.25, -0.2) is 8.78 Å². The summed E-state index contributed by atoms with van der Waals surface area (Å²) in [5, 5.41) is 10.1. The van der Waals surface area contributed by atoms with Gasteiger partial charge in [-0.1, -0.05) is 23.7 Å². The van der Waals surface area contributed by atoms with Crippen LogP contribution >= 0.6 is 11.6 Å². The van der Waals surface area contributed by atoms with E-state index in [-0.39, 0.29) is 0 Å². The molecule has 0 saturated heterocycles. The summed E-state index contributed by atoms with van der Waals surface area (Å²) < 4.78 is 53.2. The summed E-state index contributed by atoms with van der Waals surface area (Å²) in [6.07, 6.45) is -5.00. The lowest BCUT2D eigenvalue weighted by molar-refractivity contribution is -0.170. The molecule has 0 aliphatic rings. The summed E-state index contributed by atoms with van der Waals surface area (Å²) in [5.74, 6) is -4.22. The normalized spacial score (nSPS) is 13.9. The number of aliphatic hydroxyl groups is 1. The maximum atomic E-state index is 12.5. The standard InChI is InChI=1S/C12H13ClF4O2/c1-7-2-3-8(4-9(7)13)10(18)5-19-6-12(16,17)11(14)15/h2-4,10-11,18H,5-6H2,1H3. The summed E-state index contributed by atoms with van der Waals surface area (Å²) in [6.45, 7) is -0.193. The van der Waals surface area contributed by atoms with Gasteiger partial charge in [0.15, 0.2) is 0 Å². The van der Waals surface area contributed by atoms with E-state index in [0.717, 1.165) is 5.56 Å². The summed E-state index contributed by atoms with van der Waals surface area (Å²) in [6, 6.07) is 4.67. The van der Waals surface area contributed by atoms with E-state index < -0.39 is 31.7 Å². The fourth-order valence-electron chi connectivity index (χ4n) is 1.28. The van der Waals surface area contributed by atoms with Crippen LogP contribution in [0.1, 0.15) is 17.2 Å². The zero-order chi connectivity index (χ0) is 14.6. The van der Waals surface area contributed by atoms with Crippen molar-refractivity contribution >= 4 is 11.6 Å². The Labute approximate surface area is 112 Å². The van der Waals surface area contributed by atoms with Gasteiger partial charge in [0.05, 0.1) is 6.61 Å². The molecule has 1 N–H and O–H groups in total. The molecule has 1 rings (SSSR count). The average molecular weight is 301 g/mol. The van der Waals surface area contributed by atoms with Crippen molar-refractivity contribution in [3.05, 3.63) is 34.3 Å². The fourth-order valence-corrected chi connectivity index (χ4v) is 1.47. The lowest BCUT2D eigenvalue weighted by Gasteiger charge is -2.17. The second-order valence-electron chi connectivity index (χ2n) is 4.10. The van der Waals surface area contributed by atoms with Crippen LogP contribution in [0, 0.1) is 6.92 Å². The topological polar surface area (TPSA) is 29.5 Å². The van der Waals surface area contributed by atoms with Gasteiger partial charge >= 0.3 is 12.3 Å². The monoisotopic (exact) mass is 300 g/mol. The van der Waals surface area contributed by atoms with Crippen molar-refractivity contribution in [1.82, 2.24) is 0 Å². The van der Waals surface area contributed by atoms with E-state index in [1.807, 2.05) is 0 Å². The van der Waals surface area contributed by atoms with E-state index in [1.165, 1.54) is 6.07 Å². The average Bonchev–Trinajstić information content (AvgIpc) is 2.32. The number of alkyl halides is 4. The second kappa shape index (κ2) is 6.54. The zero-order valence-corrected chi connectivity index (χ0v) is 10.8. The summed E-state index contributed by atoms with van der Waals surface area (Å²) in [7, 11) is 0. The molecule has 1 aromatic carbocycles. The van der Waals surface area contributed by atoms with Gasteiger partial charge < -0.3 is 9.84 Å². The Kier molecular flexibility index (Phi) is 5.58. The number of aliphatic hydroxyl groups excluding tert-OH is 1. The molecule has 0 fully saturated rings. The van der Waals surface area contributed by atoms with Crippen molar-refractivity contribution in [3.63, 3.8) is 0 Å². The Morgan fingerprint density at radius 1 is 1.37 bits per heavy atom. The van der Waals surface area contributed by atoms with Gasteiger partial charge in [0.2, 0.25) is 0 Å². The number of hydrogen-bond acceptors (Lipinski definition) is 2. The van der Waals surface area contributed by atoms with Gasteiger partial charge in [-0.2, -0.15) is 8.78 Å². The SMILES string of the molecule is Cc1ccc(C(O)COCC(F)(F)C(F)F)cc1Cl. The van der Waals surface area contributed by atoms with E-state index >= 15 is 0 Å². The maximum Gasteiger partial charge on any atom is 0.330 e. The third-order valence-electron chi connectivity index (χ3n) is 2.47. The summed E-state index contributed by atoms with van der Waals surface area (Å²) in [4.78, 5) is 0. The van der Waals surface area contributed by atoms with Crippen LogP contribution in [-0.4, -0.2) is 30.7 Å². The Hall–Kier alpha value is -0.850. The van der Waals surface area contributed by atoms with E-state index in [9.17, 15) is 22.7 Å². The second-order valence-corrected chi connectivity index (χ2v) is 4.51. The highest BCUT2D eigenvalue weighted by Gasteiger charge is 2.41. The Morgan fingerprint density at radius 2 is 2.00 bits per heavy atom. The van der Waals surface area contributed by atoms with E-state index in [0.29, 0.717) is 10.6 Å². The van der Waals surface area contributed by atoms with Crippen LogP contribution in [0.4, 0.5) is 17.6 Å². The predicted molar refractivity (Wildman–Crippen MR) is 62.9 cm³/mol. The molecular formula is C12H13ClF4O2. The van der Waals surface area contributed by atoms with Crippen LogP contribution in [0.3, 0.4) is 0 Å². The molecule has 0 saturated carbocycles. The van der Waals surface area contributed by atoms with Crippen molar-refractivity contribution in [2.24, 2.45) is 0 Å². The van der Waals surface area contributed by atoms with Crippen LogP contribution in [-0.2, 0) is 4.74 Å². The van der Waals surface area contributed by atoms with Gasteiger partial charge in [-0.3, -0.25) is 0 Å². The third kappa shape index (κ3) is 4.63. The van der Waals surface area contributed by atoms with Crippen LogP contribution in [0.5, 0.6) is 0 Å². The molecule has 0 aromatic heterocycles. The lowest BCUT2D eigenvalue weighted by atomic mass is 10.1. The van der Waals surface area contributed by atoms with E-state index in [4.69, 9.17) is 11.6 Å². The highest BCUT2D eigenvalue weighted by Crippen LogP contribution is 2.25. The summed E-state index contributed by atoms with van der Waals surface area (Å²) in [5.41, 5.74) is 1.17. The molecule has 108 valence electrons. The molecule has 0 heterocycles. The van der Waals surface area contributed by atoms with Gasteiger partial charge in [-0.05, 0) is 24.1 Å². The van der Waals surface area contributed by atoms with Crippen molar-refractivity contribution in [2.45, 2.75) is 25.4 Å². The predicted octanol–water partition coefficient (Wildman–Crippen LogP) is 3.60. The molecule has 0 spiro atoms. The van der Waals surface area contributed by atoms with Crippen molar-refractivity contribution in [3.8, 4) is 0 Å². The molecule has 1 atom stereocenters. The molecule has 2 nitrogen and oxygen atoms in total. The van der Waals surface area contributed by atoms with Crippen molar-refractivity contribution < 1.29 is 27.4 Å². The van der Waals surface area contributed by atoms with Crippen LogP contribution in [0.2, 0.25) is 5.02 Å². The Bertz CT molecular complexity index is 426. The Balaban J connectivity index is 2.52. The lowest BCUT2D eigenvalue weighted by Crippen LogP contribution is -2.33. The first-order valence-electron chi connectivity index (χ1n) is 5.42. The van der Waals surface area contributed by atoms with E-state index in [1.54, 1.807) is 19.1 Å². The first-order valence-corrected chi connectivity index (χ1v) is 5.79. The molecule has 1 aromatic rings. The van der Waals surface area contributed by atoms with Gasteiger partial charge in [0.1, 0.15) is 12.7 Å². The molecular weight excluding hydrogens is 288 g/mol. The molecule has 0 aliphatic heterocycles. The zero-order valence-electron chi connectivity index (χ0n) is 10.0. The minimum atomic E-state index is -4.22. The smallest absolute Gasteiger partial charge is 0.330 e. The quantitative estimate of drug-likeness (QED) is 0.814. The minimum Gasteiger partial charge on any atom is -0.386 e. The highest BCUT2D eigenvalue weighted by molar-refractivity contribution is 6.31. The van der Waals surface area contributed by atoms with Gasteiger partial charge in [0.25, 0.3) is 0 Å². The largest absolute Gasteiger partial charge is 0.386 e. The summed E-state index contributed by atoms with van der Waals surface area (Å²) >= 11 is 5.83. The number of benzene rings is 1. The number of rotatable bonds is 6. The van der Waals surface area contributed by atoms with Crippen LogP contribution < -0.4 is 0 Å². The third-order valence-corrected chi connectivity index (χ3v) is 2.88. The minimum absolute atomic E-state index is 0.371. The maximum absolute atomic E-state index is 12.5. The molecule has 0 radical (unpaired) electrons. The Morgan fingerprint density at radius 3 is 2.53 bits per heavy atom. The van der Waals surface area contributed by atoms with Crippen molar-refractivity contribution in [1.29, 1.82) is 0 Å². The fraction of sp³-hybridized carbons (Fsp3) is 0.500. The van der Waals surface area contributed by atoms with Gasteiger partial charge in [-0.15, -0.1) is 0 Å². The molecule has 0 aliphatic carbocycles. The molecule has 0 bridgehead atoms. The first-order chi connectivity index (χ1) is 8.74. The highest BCUT2D eigenvalue weighted by atomic mass is 35.5. The van der Waals surface area contributed by atoms with E-state index in [2.05, 4.69) is 4.74 Å². The van der Waals surface area contributed by atoms with Crippen LogP contribution in [0.15, 0.2) is 18.2 Å². The van der Waals surface area contributed by atoms with Gasteiger partial charge in [0, 0.05) is 5.02 Å². The molecule has 7 heteroatoms. The van der Waals surface area contributed by atoms with Crippen molar-refractivity contribution in [2.75, 3.05) is 13.2 Å². The number of aryl methyl sites for hydroxylation is 1. The molecule has 19 heavy (non-hydrogen) atoms. The number of halogens is 5. The molecule has 1 unspecified atom stereocenters. The number of ether oxygens (including phenoxy) is 1. The van der Waals surface area contributed by atoms with Crippen LogP contribution in [0.25, 0.3) is 0 Å².